The Hall–Kier alpha value is -1.14. The van der Waals surface area contributed by atoms with Crippen LogP contribution in [0.3, 0.4) is 0 Å². The Morgan fingerprint density at radius 3 is 2.10 bits per heavy atom. The average molecular weight is 284 g/mol. The average Bonchev–Trinajstić information content (AvgIpc) is 2.21. The molecule has 0 spiro atoms. The molecule has 0 aromatic heterocycles. The van der Waals surface area contributed by atoms with Crippen LogP contribution in [0.1, 0.15) is 53.9 Å². The number of carbonyl (C=O) groups excluding carboxylic acids is 2. The molecule has 2 amide bonds. The van der Waals surface area contributed by atoms with Crippen LogP contribution in [0.25, 0.3) is 0 Å². The first-order valence-corrected chi connectivity index (χ1v) is 7.09. The zero-order chi connectivity index (χ0) is 15.7. The number of nitrogens with two attached hydrogens (primary N) is 2. The minimum absolute atomic E-state index is 0.0320. The molecule has 0 aliphatic carbocycles. The van der Waals surface area contributed by atoms with Crippen LogP contribution in [-0.2, 0) is 9.59 Å². The number of nitrogens with one attached hydrogen (secondary N) is 1. The van der Waals surface area contributed by atoms with Gasteiger partial charge in [-0.05, 0) is 40.5 Å². The van der Waals surface area contributed by atoms with Gasteiger partial charge in [-0.25, -0.2) is 5.84 Å². The molecule has 0 radical (unpaired) electrons. The van der Waals surface area contributed by atoms with E-state index in [-0.39, 0.29) is 29.4 Å². The van der Waals surface area contributed by atoms with Crippen molar-refractivity contribution in [3.8, 4) is 0 Å². The summed E-state index contributed by atoms with van der Waals surface area (Å²) in [4.78, 5) is 23.2. The first-order chi connectivity index (χ1) is 8.93. The first-order valence-electron chi connectivity index (χ1n) is 7.09. The van der Waals surface area contributed by atoms with Gasteiger partial charge in [-0.1, -0.05) is 6.92 Å². The second-order valence-corrected chi connectivity index (χ2v) is 7.27. The van der Waals surface area contributed by atoms with Crippen molar-refractivity contribution >= 4 is 11.8 Å². The van der Waals surface area contributed by atoms with Crippen molar-refractivity contribution in [3.05, 3.63) is 0 Å². The zero-order valence-electron chi connectivity index (χ0n) is 13.2. The molecule has 6 nitrogen and oxygen atoms in total. The summed E-state index contributed by atoms with van der Waals surface area (Å²) in [6, 6.07) is -0.0379. The smallest absolute Gasteiger partial charge is 0.240 e. The number of piperidine rings is 1. The molecule has 20 heavy (non-hydrogen) atoms. The molecule has 5 N–H and O–H groups in total. The lowest BCUT2D eigenvalue weighted by molar-refractivity contribution is -0.141. The van der Waals surface area contributed by atoms with E-state index in [4.69, 9.17) is 11.6 Å². The molecular formula is C14H28N4O2. The molecule has 0 saturated carbocycles. The van der Waals surface area contributed by atoms with E-state index in [9.17, 15) is 9.59 Å². The molecule has 6 heteroatoms. The third-order valence-corrected chi connectivity index (χ3v) is 3.75. The van der Waals surface area contributed by atoms with E-state index in [1.54, 1.807) is 6.92 Å². The quantitative estimate of drug-likeness (QED) is 0.398. The highest BCUT2D eigenvalue weighted by Crippen LogP contribution is 2.31. The predicted molar refractivity (Wildman–Crippen MR) is 78.3 cm³/mol. The minimum atomic E-state index is -0.481. The van der Waals surface area contributed by atoms with Crippen LogP contribution in [-0.4, -0.2) is 33.9 Å². The Morgan fingerprint density at radius 2 is 1.70 bits per heavy atom. The number of hydrogen-bond donors (Lipinski definition) is 3. The van der Waals surface area contributed by atoms with Crippen LogP contribution < -0.4 is 16.9 Å². The van der Waals surface area contributed by atoms with Crippen LogP contribution >= 0.6 is 0 Å². The number of primary amides is 1. The number of amides is 2. The Morgan fingerprint density at radius 1 is 1.25 bits per heavy atom. The molecule has 0 aromatic carbocycles. The summed E-state index contributed by atoms with van der Waals surface area (Å²) >= 11 is 0. The van der Waals surface area contributed by atoms with Crippen molar-refractivity contribution in [1.29, 1.82) is 0 Å². The normalized spacial score (nSPS) is 23.1. The molecule has 1 saturated heterocycles. The highest BCUT2D eigenvalue weighted by molar-refractivity contribution is 5.84. The fraction of sp³-hybridized carbons (Fsp3) is 0.857. The maximum atomic E-state index is 12.3. The van der Waals surface area contributed by atoms with E-state index in [1.165, 1.54) is 5.01 Å². The number of hydrogen-bond acceptors (Lipinski definition) is 4. The van der Waals surface area contributed by atoms with E-state index in [2.05, 4.69) is 33.0 Å². The van der Waals surface area contributed by atoms with Crippen LogP contribution in [0.4, 0.5) is 0 Å². The molecule has 116 valence electrons. The lowest BCUT2D eigenvalue weighted by atomic mass is 9.79. The van der Waals surface area contributed by atoms with Gasteiger partial charge in [0.1, 0.15) is 0 Å². The van der Waals surface area contributed by atoms with Crippen LogP contribution in [0.5, 0.6) is 0 Å². The Kier molecular flexibility index (Phi) is 4.82. The van der Waals surface area contributed by atoms with Crippen molar-refractivity contribution in [2.75, 3.05) is 0 Å². The van der Waals surface area contributed by atoms with Crippen molar-refractivity contribution in [2.24, 2.45) is 17.5 Å². The van der Waals surface area contributed by atoms with Crippen molar-refractivity contribution < 1.29 is 9.59 Å². The maximum Gasteiger partial charge on any atom is 0.240 e. The predicted octanol–water partition coefficient (Wildman–Crippen LogP) is 0.509. The summed E-state index contributed by atoms with van der Waals surface area (Å²) in [6.07, 6.45) is 1.59. The number of carbonyl (C=O) groups is 2. The molecule has 0 bridgehead atoms. The van der Waals surface area contributed by atoms with Gasteiger partial charge >= 0.3 is 0 Å². The van der Waals surface area contributed by atoms with Crippen LogP contribution in [0.15, 0.2) is 0 Å². The van der Waals surface area contributed by atoms with Crippen LogP contribution in [0.2, 0.25) is 0 Å². The van der Waals surface area contributed by atoms with Gasteiger partial charge in [-0.15, -0.1) is 0 Å². The van der Waals surface area contributed by atoms with E-state index < -0.39 is 11.8 Å². The second kappa shape index (κ2) is 5.69. The lowest BCUT2D eigenvalue weighted by Gasteiger charge is -2.48. The summed E-state index contributed by atoms with van der Waals surface area (Å²) in [5.74, 6) is 4.84. The fourth-order valence-electron chi connectivity index (χ4n) is 3.29. The van der Waals surface area contributed by atoms with Gasteiger partial charge in [0.2, 0.25) is 11.8 Å². The molecule has 1 heterocycles. The SMILES string of the molecule is CC(CC(N)=O)C(=O)N(N)C1CC(C)(C)NC(C)(C)C1. The monoisotopic (exact) mass is 284 g/mol. The second-order valence-electron chi connectivity index (χ2n) is 7.27. The summed E-state index contributed by atoms with van der Waals surface area (Å²) < 4.78 is 0. The van der Waals surface area contributed by atoms with Crippen molar-refractivity contribution in [1.82, 2.24) is 10.3 Å². The van der Waals surface area contributed by atoms with Gasteiger partial charge in [0, 0.05) is 23.4 Å². The highest BCUT2D eigenvalue weighted by Gasteiger charge is 2.41. The molecule has 1 fully saturated rings. The maximum absolute atomic E-state index is 12.3. The zero-order valence-corrected chi connectivity index (χ0v) is 13.2. The fourth-order valence-corrected chi connectivity index (χ4v) is 3.29. The van der Waals surface area contributed by atoms with E-state index in [0.717, 1.165) is 12.8 Å². The third kappa shape index (κ3) is 4.45. The molecule has 1 atom stereocenters. The van der Waals surface area contributed by atoms with E-state index in [1.807, 2.05) is 0 Å². The Labute approximate surface area is 121 Å². The summed E-state index contributed by atoms with van der Waals surface area (Å²) in [5, 5.41) is 4.85. The molecule has 1 rings (SSSR count). The van der Waals surface area contributed by atoms with E-state index >= 15 is 0 Å². The third-order valence-electron chi connectivity index (χ3n) is 3.75. The van der Waals surface area contributed by atoms with Crippen molar-refractivity contribution in [2.45, 2.75) is 71.0 Å². The molecule has 1 unspecified atom stereocenters. The number of nitrogens with zero attached hydrogens (tertiary/aromatic N) is 1. The van der Waals surface area contributed by atoms with E-state index in [0.29, 0.717) is 0 Å². The number of rotatable bonds is 4. The Balaban J connectivity index is 2.78. The summed E-state index contributed by atoms with van der Waals surface area (Å²) in [6.45, 7) is 10.1. The van der Waals surface area contributed by atoms with Gasteiger partial charge < -0.3 is 11.1 Å². The van der Waals surface area contributed by atoms with Gasteiger partial charge in [-0.2, -0.15) is 0 Å². The van der Waals surface area contributed by atoms with Gasteiger partial charge in [0.05, 0.1) is 6.04 Å². The standard InChI is InChI=1S/C14H28N4O2/c1-9(6-11(15)19)12(20)18(16)10-7-13(2,3)17-14(4,5)8-10/h9-10,17H,6-8,16H2,1-5H3,(H2,15,19). The van der Waals surface area contributed by atoms with Gasteiger partial charge in [0.25, 0.3) is 0 Å². The van der Waals surface area contributed by atoms with Gasteiger partial charge in [-0.3, -0.25) is 14.6 Å². The molecule has 1 aliphatic rings. The highest BCUT2D eigenvalue weighted by atomic mass is 16.2. The summed E-state index contributed by atoms with van der Waals surface area (Å²) in [7, 11) is 0. The summed E-state index contributed by atoms with van der Waals surface area (Å²) in [5.41, 5.74) is 4.96. The molecular weight excluding hydrogens is 256 g/mol. The Bertz CT molecular complexity index is 377. The lowest BCUT2D eigenvalue weighted by Crippen LogP contribution is -2.64. The first kappa shape index (κ1) is 16.9. The molecule has 0 aromatic rings. The largest absolute Gasteiger partial charge is 0.370 e. The van der Waals surface area contributed by atoms with Gasteiger partial charge in [0.15, 0.2) is 0 Å². The molecule has 1 aliphatic heterocycles. The number of hydrazine groups is 1. The van der Waals surface area contributed by atoms with Crippen molar-refractivity contribution in [3.63, 3.8) is 0 Å². The van der Waals surface area contributed by atoms with Crippen LogP contribution in [0, 0.1) is 5.92 Å². The topological polar surface area (TPSA) is 101 Å². The minimum Gasteiger partial charge on any atom is -0.370 e.